The highest BCUT2D eigenvalue weighted by atomic mass is 16.5. The molecule has 0 aliphatic heterocycles. The van der Waals surface area contributed by atoms with Crippen molar-refractivity contribution in [3.8, 4) is 5.88 Å². The molecular formula is C19H26N4O. The highest BCUT2D eigenvalue weighted by molar-refractivity contribution is 5.93. The second kappa shape index (κ2) is 8.91. The largest absolute Gasteiger partial charge is 0.478 e. The number of hydrogen-bond acceptors (Lipinski definition) is 3. The lowest BCUT2D eigenvalue weighted by atomic mass is 10.0. The Morgan fingerprint density at radius 2 is 1.75 bits per heavy atom. The molecule has 0 atom stereocenters. The molecule has 24 heavy (non-hydrogen) atoms. The van der Waals surface area contributed by atoms with Gasteiger partial charge in [0, 0.05) is 17.4 Å². The standard InChI is InChI=1S/C19H26N4O/c1-4-14-9-7-10-15(5-2)17(14)23-19(20)22-13-16-11-8-12-21-18(16)24-6-3/h7-12H,4-6,13H2,1-3H3,(H3,20,22,23). The van der Waals surface area contributed by atoms with Crippen molar-refractivity contribution < 1.29 is 4.74 Å². The molecule has 0 aliphatic carbocycles. The number of rotatable bonds is 7. The van der Waals surface area contributed by atoms with E-state index in [0.717, 1.165) is 24.1 Å². The van der Waals surface area contributed by atoms with E-state index in [1.165, 1.54) is 11.1 Å². The molecule has 0 saturated heterocycles. The number of aryl methyl sites for hydroxylation is 2. The fourth-order valence-corrected chi connectivity index (χ4v) is 2.55. The summed E-state index contributed by atoms with van der Waals surface area (Å²) in [7, 11) is 0. The normalized spacial score (nSPS) is 11.4. The molecule has 1 heterocycles. The van der Waals surface area contributed by atoms with Crippen LogP contribution in [0.3, 0.4) is 0 Å². The number of guanidine groups is 1. The van der Waals surface area contributed by atoms with Crippen LogP contribution in [-0.2, 0) is 19.4 Å². The van der Waals surface area contributed by atoms with Gasteiger partial charge in [0.15, 0.2) is 5.96 Å². The van der Waals surface area contributed by atoms with Crippen LogP contribution in [0.1, 0.15) is 37.5 Å². The van der Waals surface area contributed by atoms with Gasteiger partial charge in [-0.05, 0) is 37.0 Å². The predicted molar refractivity (Wildman–Crippen MR) is 99.6 cm³/mol. The van der Waals surface area contributed by atoms with Gasteiger partial charge in [0.1, 0.15) is 0 Å². The number of para-hydroxylation sites is 1. The van der Waals surface area contributed by atoms with E-state index in [4.69, 9.17) is 10.5 Å². The molecule has 0 aliphatic rings. The van der Waals surface area contributed by atoms with E-state index in [2.05, 4.69) is 47.3 Å². The summed E-state index contributed by atoms with van der Waals surface area (Å²) in [5.41, 5.74) is 10.6. The van der Waals surface area contributed by atoms with Crippen molar-refractivity contribution in [3.05, 3.63) is 53.2 Å². The van der Waals surface area contributed by atoms with Crippen molar-refractivity contribution >= 4 is 11.6 Å². The summed E-state index contributed by atoms with van der Waals surface area (Å²) in [6.07, 6.45) is 3.60. The highest BCUT2D eigenvalue weighted by Gasteiger charge is 2.08. The van der Waals surface area contributed by atoms with Crippen LogP contribution in [0.4, 0.5) is 5.69 Å². The molecule has 1 aromatic heterocycles. The van der Waals surface area contributed by atoms with Crippen molar-refractivity contribution in [2.24, 2.45) is 10.7 Å². The van der Waals surface area contributed by atoms with Gasteiger partial charge < -0.3 is 15.8 Å². The van der Waals surface area contributed by atoms with Gasteiger partial charge in [0.2, 0.25) is 5.88 Å². The van der Waals surface area contributed by atoms with Gasteiger partial charge in [-0.25, -0.2) is 9.98 Å². The minimum absolute atomic E-state index is 0.400. The third-order valence-electron chi connectivity index (χ3n) is 3.80. The number of hydrogen-bond donors (Lipinski definition) is 2. The van der Waals surface area contributed by atoms with E-state index in [1.54, 1.807) is 6.20 Å². The van der Waals surface area contributed by atoms with E-state index in [0.29, 0.717) is 25.0 Å². The summed E-state index contributed by atoms with van der Waals surface area (Å²) in [6.45, 7) is 7.21. The Bertz CT molecular complexity index is 675. The molecule has 0 radical (unpaired) electrons. The third kappa shape index (κ3) is 4.47. The van der Waals surface area contributed by atoms with Crippen molar-refractivity contribution in [3.63, 3.8) is 0 Å². The summed E-state index contributed by atoms with van der Waals surface area (Å²) < 4.78 is 5.52. The maximum atomic E-state index is 6.10. The molecular weight excluding hydrogens is 300 g/mol. The van der Waals surface area contributed by atoms with Gasteiger partial charge >= 0.3 is 0 Å². The lowest BCUT2D eigenvalue weighted by Crippen LogP contribution is -2.24. The minimum Gasteiger partial charge on any atom is -0.478 e. The monoisotopic (exact) mass is 326 g/mol. The summed E-state index contributed by atoms with van der Waals surface area (Å²) >= 11 is 0. The molecule has 3 N–H and O–H groups in total. The molecule has 0 unspecified atom stereocenters. The van der Waals surface area contributed by atoms with Crippen LogP contribution in [0.15, 0.2) is 41.5 Å². The van der Waals surface area contributed by atoms with Gasteiger partial charge in [0.25, 0.3) is 0 Å². The van der Waals surface area contributed by atoms with Crippen LogP contribution in [0.2, 0.25) is 0 Å². The zero-order chi connectivity index (χ0) is 17.4. The lowest BCUT2D eigenvalue weighted by Gasteiger charge is -2.15. The number of nitrogens with zero attached hydrogens (tertiary/aromatic N) is 2. The Balaban J connectivity index is 2.16. The van der Waals surface area contributed by atoms with Crippen molar-refractivity contribution in [1.29, 1.82) is 0 Å². The van der Waals surface area contributed by atoms with Crippen LogP contribution in [0.5, 0.6) is 5.88 Å². The molecule has 0 fully saturated rings. The first-order valence-corrected chi connectivity index (χ1v) is 8.43. The van der Waals surface area contributed by atoms with Gasteiger partial charge in [0.05, 0.1) is 13.2 Å². The number of nitrogens with one attached hydrogen (secondary N) is 1. The van der Waals surface area contributed by atoms with Crippen molar-refractivity contribution in [2.75, 3.05) is 11.9 Å². The molecule has 128 valence electrons. The first-order chi connectivity index (χ1) is 11.7. The molecule has 1 aromatic carbocycles. The minimum atomic E-state index is 0.400. The smallest absolute Gasteiger partial charge is 0.218 e. The van der Waals surface area contributed by atoms with Crippen LogP contribution in [0, 0.1) is 0 Å². The van der Waals surface area contributed by atoms with Crippen LogP contribution in [0.25, 0.3) is 0 Å². The third-order valence-corrected chi connectivity index (χ3v) is 3.80. The lowest BCUT2D eigenvalue weighted by molar-refractivity contribution is 0.323. The number of benzene rings is 1. The first-order valence-electron chi connectivity index (χ1n) is 8.43. The predicted octanol–water partition coefficient (Wildman–Crippen LogP) is 3.53. The summed E-state index contributed by atoms with van der Waals surface area (Å²) in [5.74, 6) is 1.01. The average molecular weight is 326 g/mol. The second-order valence-corrected chi connectivity index (χ2v) is 5.39. The number of aromatic nitrogens is 1. The van der Waals surface area contributed by atoms with Gasteiger partial charge in [-0.15, -0.1) is 0 Å². The molecule has 0 saturated carbocycles. The fourth-order valence-electron chi connectivity index (χ4n) is 2.55. The molecule has 2 aromatic rings. The maximum Gasteiger partial charge on any atom is 0.218 e. The van der Waals surface area contributed by atoms with Crippen LogP contribution >= 0.6 is 0 Å². The van der Waals surface area contributed by atoms with E-state index in [9.17, 15) is 0 Å². The molecule has 0 amide bonds. The topological polar surface area (TPSA) is 72.5 Å². The zero-order valence-electron chi connectivity index (χ0n) is 14.7. The number of pyridine rings is 1. The maximum absolute atomic E-state index is 6.10. The van der Waals surface area contributed by atoms with Crippen LogP contribution < -0.4 is 15.8 Å². The van der Waals surface area contributed by atoms with Gasteiger partial charge in [-0.2, -0.15) is 0 Å². The SMILES string of the molecule is CCOc1ncccc1CN=C(N)Nc1c(CC)cccc1CC. The van der Waals surface area contributed by atoms with Crippen molar-refractivity contribution in [1.82, 2.24) is 4.98 Å². The summed E-state index contributed by atoms with van der Waals surface area (Å²) in [6, 6.07) is 10.1. The van der Waals surface area contributed by atoms with Gasteiger partial charge in [-0.1, -0.05) is 38.1 Å². The first kappa shape index (κ1) is 17.8. The number of ether oxygens (including phenoxy) is 1. The Morgan fingerprint density at radius 1 is 1.08 bits per heavy atom. The van der Waals surface area contributed by atoms with E-state index in [-0.39, 0.29) is 0 Å². The molecule has 5 nitrogen and oxygen atoms in total. The zero-order valence-corrected chi connectivity index (χ0v) is 14.7. The highest BCUT2D eigenvalue weighted by Crippen LogP contribution is 2.22. The molecule has 0 spiro atoms. The second-order valence-electron chi connectivity index (χ2n) is 5.39. The molecule has 2 rings (SSSR count). The van der Waals surface area contributed by atoms with Crippen molar-refractivity contribution in [2.45, 2.75) is 40.2 Å². The number of anilines is 1. The quantitative estimate of drug-likeness (QED) is 0.603. The Hall–Kier alpha value is -2.56. The molecule has 5 heteroatoms. The Morgan fingerprint density at radius 3 is 2.38 bits per heavy atom. The Labute approximate surface area is 144 Å². The summed E-state index contributed by atoms with van der Waals surface area (Å²) in [4.78, 5) is 8.68. The van der Waals surface area contributed by atoms with E-state index < -0.39 is 0 Å². The number of aliphatic imine (C=N–C) groups is 1. The summed E-state index contributed by atoms with van der Waals surface area (Å²) in [5, 5.41) is 3.27. The van der Waals surface area contributed by atoms with E-state index >= 15 is 0 Å². The number of nitrogens with two attached hydrogens (primary N) is 1. The fraction of sp³-hybridized carbons (Fsp3) is 0.368. The average Bonchev–Trinajstić information content (AvgIpc) is 2.61. The van der Waals surface area contributed by atoms with Crippen LogP contribution in [-0.4, -0.2) is 17.6 Å². The molecule has 0 bridgehead atoms. The van der Waals surface area contributed by atoms with E-state index in [1.807, 2.05) is 19.1 Å². The van der Waals surface area contributed by atoms with Gasteiger partial charge in [-0.3, -0.25) is 0 Å². The Kier molecular flexibility index (Phi) is 6.61.